The van der Waals surface area contributed by atoms with Crippen molar-refractivity contribution in [2.75, 3.05) is 6.61 Å². The number of fused-ring (bicyclic) bond motifs is 1. The van der Waals surface area contributed by atoms with Gasteiger partial charge in [-0.25, -0.2) is 0 Å². The molecular weight excluding hydrogens is 460 g/mol. The van der Waals surface area contributed by atoms with Gasteiger partial charge in [-0.05, 0) is 23.9 Å². The lowest BCUT2D eigenvalue weighted by Gasteiger charge is -2.39. The lowest BCUT2D eigenvalue weighted by Crippen LogP contribution is -2.60. The third kappa shape index (κ3) is 3.70. The van der Waals surface area contributed by atoms with Gasteiger partial charge in [-0.2, -0.15) is 0 Å². The van der Waals surface area contributed by atoms with Crippen LogP contribution < -0.4 is 15.3 Å². The monoisotopic (exact) mass is 479 g/mol. The van der Waals surface area contributed by atoms with Gasteiger partial charge in [-0.3, -0.25) is 4.79 Å². The molecule has 0 unspecified atom stereocenters. The molecule has 1 aliphatic heterocycles. The highest BCUT2D eigenvalue weighted by atomic mass is 16.7. The van der Waals surface area contributed by atoms with Gasteiger partial charge in [0.2, 0.25) is 12.0 Å². The van der Waals surface area contributed by atoms with Crippen LogP contribution in [0.5, 0.6) is 34.5 Å². The molecule has 1 fully saturated rings. The molecule has 1 aliphatic rings. The molecule has 13 heteroatoms. The summed E-state index contributed by atoms with van der Waals surface area (Å²) in [5.74, 6) is -5.30. The third-order valence-corrected chi connectivity index (χ3v) is 5.37. The van der Waals surface area contributed by atoms with Crippen molar-refractivity contribution in [1.29, 1.82) is 0 Å². The average Bonchev–Trinajstić information content (AvgIpc) is 2.81. The van der Waals surface area contributed by atoms with E-state index in [0.717, 1.165) is 24.3 Å². The van der Waals surface area contributed by atoms with Crippen LogP contribution in [0.15, 0.2) is 33.5 Å². The van der Waals surface area contributed by atoms with Gasteiger partial charge >= 0.3 is 0 Å². The molecule has 1 saturated heterocycles. The van der Waals surface area contributed by atoms with Crippen molar-refractivity contribution in [2.24, 2.45) is 0 Å². The molecule has 2 aromatic carbocycles. The number of aromatic hydroxyl groups is 4. The maximum Gasteiger partial charge on any atom is 0.229 e. The van der Waals surface area contributed by atoms with Crippen molar-refractivity contribution in [2.45, 2.75) is 30.7 Å². The number of hydrogen-bond donors (Lipinski definition) is 8. The number of ether oxygens (including phenoxy) is 2. The highest BCUT2D eigenvalue weighted by molar-refractivity contribution is 5.93. The van der Waals surface area contributed by atoms with Gasteiger partial charge in [0.15, 0.2) is 28.3 Å². The van der Waals surface area contributed by atoms with Crippen LogP contribution in [-0.4, -0.2) is 78.2 Å². The molecule has 0 spiro atoms. The van der Waals surface area contributed by atoms with E-state index in [4.69, 9.17) is 13.9 Å². The van der Waals surface area contributed by atoms with Crippen LogP contribution in [0.2, 0.25) is 0 Å². The maximum atomic E-state index is 12.6. The number of aliphatic hydroxyl groups excluding tert-OH is 4. The van der Waals surface area contributed by atoms with Gasteiger partial charge in [-0.15, -0.1) is 0 Å². The van der Waals surface area contributed by atoms with Crippen molar-refractivity contribution < 1.29 is 59.8 Å². The molecule has 2 heterocycles. The minimum atomic E-state index is -1.85. The van der Waals surface area contributed by atoms with Crippen molar-refractivity contribution in [3.63, 3.8) is 0 Å². The Bertz CT molecular complexity index is 1300. The first kappa shape index (κ1) is 23.4. The van der Waals surface area contributed by atoms with Crippen molar-refractivity contribution in [3.05, 3.63) is 34.5 Å². The topological polar surface area (TPSA) is 234 Å². The van der Waals surface area contributed by atoms with Crippen LogP contribution in [0.3, 0.4) is 0 Å². The Labute approximate surface area is 189 Å². The summed E-state index contributed by atoms with van der Waals surface area (Å²) in [7, 11) is 0. The van der Waals surface area contributed by atoms with E-state index < -0.39 is 94.0 Å². The Morgan fingerprint density at radius 3 is 2.29 bits per heavy atom. The van der Waals surface area contributed by atoms with E-state index in [1.165, 1.54) is 0 Å². The van der Waals surface area contributed by atoms with E-state index in [1.54, 1.807) is 0 Å². The van der Waals surface area contributed by atoms with Gasteiger partial charge in [0.25, 0.3) is 0 Å². The predicted molar refractivity (Wildman–Crippen MR) is 108 cm³/mol. The highest BCUT2D eigenvalue weighted by Gasteiger charge is 2.45. The molecule has 0 saturated carbocycles. The Balaban J connectivity index is 1.83. The Hall–Kier alpha value is -3.75. The van der Waals surface area contributed by atoms with Crippen molar-refractivity contribution >= 4 is 11.0 Å². The SMILES string of the molecule is O=c1c([O-])c(-c2ccc(O)c(O)c2)oc2c(O)c(O[C@@H]3O[C@H](CO)[C@@H](O)[C@H](O)[C@H]3O)cc(O)c12. The molecule has 4 rings (SSSR count). The maximum absolute atomic E-state index is 12.6. The second-order valence-electron chi connectivity index (χ2n) is 7.55. The summed E-state index contributed by atoms with van der Waals surface area (Å²) in [6, 6.07) is 3.86. The molecule has 182 valence electrons. The first-order valence-corrected chi connectivity index (χ1v) is 9.77. The molecule has 3 aromatic rings. The quantitative estimate of drug-likeness (QED) is 0.158. The van der Waals surface area contributed by atoms with E-state index >= 15 is 0 Å². The van der Waals surface area contributed by atoms with Crippen LogP contribution in [0, 0.1) is 0 Å². The lowest BCUT2D eigenvalue weighted by molar-refractivity contribution is -0.277. The molecule has 0 radical (unpaired) electrons. The molecule has 34 heavy (non-hydrogen) atoms. The molecule has 0 bridgehead atoms. The molecule has 0 amide bonds. The molecule has 8 N–H and O–H groups in total. The molecule has 5 atom stereocenters. The molecule has 13 nitrogen and oxygen atoms in total. The van der Waals surface area contributed by atoms with E-state index in [0.29, 0.717) is 0 Å². The first-order chi connectivity index (χ1) is 16.0. The van der Waals surface area contributed by atoms with E-state index in [2.05, 4.69) is 0 Å². The number of rotatable bonds is 4. The Kier molecular flexibility index (Phi) is 5.89. The summed E-state index contributed by atoms with van der Waals surface area (Å²) in [6.45, 7) is -0.746. The summed E-state index contributed by atoms with van der Waals surface area (Å²) in [4.78, 5) is 12.6. The largest absolute Gasteiger partial charge is 0.867 e. The minimum Gasteiger partial charge on any atom is -0.867 e. The van der Waals surface area contributed by atoms with E-state index in [9.17, 15) is 50.8 Å². The molecule has 0 aliphatic carbocycles. The summed E-state index contributed by atoms with van der Waals surface area (Å²) in [5, 5.41) is 91.1. The second kappa shape index (κ2) is 8.55. The lowest BCUT2D eigenvalue weighted by atomic mass is 9.99. The zero-order valence-electron chi connectivity index (χ0n) is 17.0. The molecule has 1 aromatic heterocycles. The number of phenolic OH excluding ortho intramolecular Hbond substituents is 4. The van der Waals surface area contributed by atoms with E-state index in [-0.39, 0.29) is 5.56 Å². The van der Waals surface area contributed by atoms with Gasteiger partial charge in [0, 0.05) is 11.6 Å². The number of hydrogen-bond acceptors (Lipinski definition) is 13. The van der Waals surface area contributed by atoms with Crippen LogP contribution in [0.25, 0.3) is 22.3 Å². The Morgan fingerprint density at radius 1 is 0.941 bits per heavy atom. The van der Waals surface area contributed by atoms with Crippen LogP contribution in [0.1, 0.15) is 0 Å². The summed E-state index contributed by atoms with van der Waals surface area (Å²) in [5.41, 5.74) is -2.07. The highest BCUT2D eigenvalue weighted by Crippen LogP contribution is 2.43. The third-order valence-electron chi connectivity index (χ3n) is 5.37. The van der Waals surface area contributed by atoms with Gasteiger partial charge in [0.05, 0.1) is 6.61 Å². The summed E-state index contributed by atoms with van der Waals surface area (Å²) < 4.78 is 15.9. The van der Waals surface area contributed by atoms with Gasteiger partial charge in [-0.1, -0.05) is 0 Å². The first-order valence-electron chi connectivity index (χ1n) is 9.77. The summed E-state index contributed by atoms with van der Waals surface area (Å²) >= 11 is 0. The fourth-order valence-corrected chi connectivity index (χ4v) is 3.53. The fourth-order valence-electron chi connectivity index (χ4n) is 3.53. The van der Waals surface area contributed by atoms with Gasteiger partial charge in [0.1, 0.15) is 41.3 Å². The average molecular weight is 479 g/mol. The minimum absolute atomic E-state index is 0.126. The number of aliphatic hydroxyl groups is 4. The van der Waals surface area contributed by atoms with Crippen LogP contribution in [0.4, 0.5) is 0 Å². The van der Waals surface area contributed by atoms with Gasteiger partial charge < -0.3 is 59.8 Å². The predicted octanol–water partition coefficient (Wildman–Crippen LogP) is -1.47. The standard InChI is InChI=1S/C21H20O13/c22-5-11-13(26)16(29)18(31)21(33-11)32-10-4-9(25)12-15(28)17(30)19(34-20(12)14(10)27)6-1-2-7(23)8(24)3-6/h1-4,11,13,16,18,21-27,29-31H,5H2/p-1/t11-,13-,16+,18-,21-/m1/s1. The smallest absolute Gasteiger partial charge is 0.229 e. The second-order valence-corrected chi connectivity index (χ2v) is 7.55. The summed E-state index contributed by atoms with van der Waals surface area (Å²) in [6.07, 6.45) is -8.37. The van der Waals surface area contributed by atoms with Crippen LogP contribution >= 0.6 is 0 Å². The molecular formula is C21H19O13-. The Morgan fingerprint density at radius 2 is 1.65 bits per heavy atom. The number of phenols is 4. The zero-order chi connectivity index (χ0) is 24.9. The fraction of sp³-hybridized carbons (Fsp3) is 0.286. The van der Waals surface area contributed by atoms with Crippen molar-refractivity contribution in [1.82, 2.24) is 0 Å². The van der Waals surface area contributed by atoms with Crippen molar-refractivity contribution in [3.8, 4) is 45.8 Å². The van der Waals surface area contributed by atoms with E-state index in [1.807, 2.05) is 0 Å². The number of benzene rings is 2. The van der Waals surface area contributed by atoms with Crippen LogP contribution in [-0.2, 0) is 4.74 Å². The normalized spacial score (nSPS) is 24.9. The zero-order valence-corrected chi connectivity index (χ0v) is 17.0.